The lowest BCUT2D eigenvalue weighted by atomic mass is 9.86. The minimum atomic E-state index is -1.06. The van der Waals surface area contributed by atoms with Crippen LogP contribution in [0.15, 0.2) is 30.5 Å². The van der Waals surface area contributed by atoms with Crippen LogP contribution in [-0.4, -0.2) is 66.4 Å². The molecular weight excluding hydrogens is 566 g/mol. The Morgan fingerprint density at radius 1 is 1.14 bits per heavy atom. The Morgan fingerprint density at radius 3 is 2.67 bits per heavy atom. The lowest BCUT2D eigenvalue weighted by Gasteiger charge is -2.29. The van der Waals surface area contributed by atoms with E-state index in [1.807, 2.05) is 11.9 Å². The standard InChI is InChI=1S/C30H32F2N4O5S/c1-35-8-11-41-24-13-19(16-33-28(24)35)22-5-2-20(31)15-23(22)26-27(32)42-30(34-26)36(21-3-4-21)29(39)18(14-25(37)38)12-17-6-9-40-10-7-17/h2,5,13,15-18,21H,3-4,6-12,14H2,1H3,(H,37,38)/t18-/m1/s1. The summed E-state index contributed by atoms with van der Waals surface area (Å²) in [5.74, 6) is -1.28. The lowest BCUT2D eigenvalue weighted by Crippen LogP contribution is -2.40. The highest BCUT2D eigenvalue weighted by Crippen LogP contribution is 2.43. The molecule has 2 aliphatic heterocycles. The number of anilines is 2. The number of hydrogen-bond donors (Lipinski definition) is 1. The molecule has 0 spiro atoms. The number of halogens is 2. The van der Waals surface area contributed by atoms with Crippen molar-refractivity contribution < 1.29 is 33.0 Å². The van der Waals surface area contributed by atoms with Gasteiger partial charge in [0.2, 0.25) is 11.0 Å². The van der Waals surface area contributed by atoms with E-state index >= 15 is 4.39 Å². The fourth-order valence-electron chi connectivity index (χ4n) is 5.73. The van der Waals surface area contributed by atoms with Crippen molar-refractivity contribution in [1.29, 1.82) is 0 Å². The predicted molar refractivity (Wildman–Crippen MR) is 154 cm³/mol. The van der Waals surface area contributed by atoms with Gasteiger partial charge in [-0.05, 0) is 61.8 Å². The van der Waals surface area contributed by atoms with Crippen LogP contribution in [-0.2, 0) is 14.3 Å². The third-order valence-corrected chi connectivity index (χ3v) is 8.93. The maximum atomic E-state index is 15.7. The molecule has 1 atom stereocenters. The van der Waals surface area contributed by atoms with Crippen LogP contribution in [0.4, 0.5) is 19.7 Å². The summed E-state index contributed by atoms with van der Waals surface area (Å²) in [4.78, 5) is 38.2. The summed E-state index contributed by atoms with van der Waals surface area (Å²) in [5, 5.41) is 9.10. The third kappa shape index (κ3) is 5.96. The molecule has 1 saturated heterocycles. The van der Waals surface area contributed by atoms with Crippen molar-refractivity contribution in [3.05, 3.63) is 41.4 Å². The smallest absolute Gasteiger partial charge is 0.304 e. The number of aliphatic carboxylic acids is 1. The van der Waals surface area contributed by atoms with Gasteiger partial charge in [-0.3, -0.25) is 14.5 Å². The van der Waals surface area contributed by atoms with Crippen molar-refractivity contribution >= 4 is 34.2 Å². The van der Waals surface area contributed by atoms with E-state index in [0.717, 1.165) is 37.0 Å². The summed E-state index contributed by atoms with van der Waals surface area (Å²) in [7, 11) is 1.92. The number of hydrogen-bond acceptors (Lipinski definition) is 8. The second kappa shape index (κ2) is 11.9. The van der Waals surface area contributed by atoms with Crippen LogP contribution < -0.4 is 14.5 Å². The van der Waals surface area contributed by atoms with Gasteiger partial charge in [0.25, 0.3) is 0 Å². The van der Waals surface area contributed by atoms with Crippen LogP contribution >= 0.6 is 11.3 Å². The maximum Gasteiger partial charge on any atom is 0.304 e. The molecular formula is C30H32F2N4O5S. The quantitative estimate of drug-likeness (QED) is 0.350. The number of benzene rings is 1. The van der Waals surface area contributed by atoms with E-state index in [2.05, 4.69) is 9.97 Å². The topological polar surface area (TPSA) is 105 Å². The summed E-state index contributed by atoms with van der Waals surface area (Å²) in [5.41, 5.74) is 1.29. The first-order valence-corrected chi connectivity index (χ1v) is 15.0. The summed E-state index contributed by atoms with van der Waals surface area (Å²) in [6, 6.07) is 5.70. The Labute approximate surface area is 246 Å². The first-order valence-electron chi connectivity index (χ1n) is 14.2. The number of aromatic nitrogens is 2. The number of carboxylic acids is 1. The van der Waals surface area contributed by atoms with Crippen LogP contribution in [0.25, 0.3) is 22.4 Å². The van der Waals surface area contributed by atoms with Crippen molar-refractivity contribution in [2.75, 3.05) is 43.2 Å². The summed E-state index contributed by atoms with van der Waals surface area (Å²) >= 11 is 0.720. The number of ether oxygens (including phenoxy) is 2. The Morgan fingerprint density at radius 2 is 1.93 bits per heavy atom. The highest BCUT2D eigenvalue weighted by Gasteiger charge is 2.40. The molecule has 2 aromatic heterocycles. The van der Waals surface area contributed by atoms with Crippen LogP contribution in [0.3, 0.4) is 0 Å². The highest BCUT2D eigenvalue weighted by atomic mass is 32.1. The van der Waals surface area contributed by atoms with Gasteiger partial charge in [0, 0.05) is 49.5 Å². The largest absolute Gasteiger partial charge is 0.488 e. The van der Waals surface area contributed by atoms with E-state index in [1.165, 1.54) is 17.0 Å². The average Bonchev–Trinajstić information content (AvgIpc) is 3.73. The van der Waals surface area contributed by atoms with Gasteiger partial charge in [-0.1, -0.05) is 17.4 Å². The summed E-state index contributed by atoms with van der Waals surface area (Å²) < 4.78 is 41.5. The molecule has 0 radical (unpaired) electrons. The number of thiazole rings is 1. The normalized spacial score (nSPS) is 17.8. The van der Waals surface area contributed by atoms with Crippen molar-refractivity contribution in [2.24, 2.45) is 11.8 Å². The zero-order valence-corrected chi connectivity index (χ0v) is 24.0. The van der Waals surface area contributed by atoms with Gasteiger partial charge in [-0.2, -0.15) is 4.39 Å². The number of rotatable bonds is 9. The fraction of sp³-hybridized carbons (Fsp3) is 0.467. The SMILES string of the molecule is CN1CCOc2cc(-c3ccc(F)cc3-c3nc(N(C(=O)[C@@H](CC(=O)O)CC4CCOCC4)C4CC4)sc3F)cnc21. The number of carboxylic acid groups (broad SMARTS) is 1. The van der Waals surface area contributed by atoms with E-state index in [4.69, 9.17) is 9.47 Å². The molecule has 4 heterocycles. The van der Waals surface area contributed by atoms with Gasteiger partial charge in [-0.15, -0.1) is 0 Å². The molecule has 1 aliphatic carbocycles. The first kappa shape index (κ1) is 28.5. The summed E-state index contributed by atoms with van der Waals surface area (Å²) in [6.07, 6.45) is 4.73. The minimum Gasteiger partial charge on any atom is -0.488 e. The Hall–Kier alpha value is -3.64. The zero-order valence-electron chi connectivity index (χ0n) is 23.2. The van der Waals surface area contributed by atoms with E-state index in [-0.39, 0.29) is 40.7 Å². The molecule has 42 heavy (non-hydrogen) atoms. The second-order valence-corrected chi connectivity index (χ2v) is 12.1. The molecule has 1 aromatic carbocycles. The van der Waals surface area contributed by atoms with Crippen molar-refractivity contribution in [2.45, 2.75) is 44.6 Å². The second-order valence-electron chi connectivity index (χ2n) is 11.2. The van der Waals surface area contributed by atoms with Crippen molar-refractivity contribution in [3.8, 4) is 28.1 Å². The lowest BCUT2D eigenvalue weighted by molar-refractivity contribution is -0.141. The molecule has 1 saturated carbocycles. The van der Waals surface area contributed by atoms with Gasteiger partial charge in [0.1, 0.15) is 18.1 Å². The Kier molecular flexibility index (Phi) is 8.09. The molecule has 1 amide bonds. The number of amides is 1. The molecule has 3 aliphatic rings. The number of pyridine rings is 1. The molecule has 222 valence electrons. The number of nitrogens with zero attached hydrogens (tertiary/aromatic N) is 4. The minimum absolute atomic E-state index is 0.0714. The predicted octanol–water partition coefficient (Wildman–Crippen LogP) is 5.38. The van der Waals surface area contributed by atoms with E-state index in [0.29, 0.717) is 55.5 Å². The highest BCUT2D eigenvalue weighted by molar-refractivity contribution is 7.14. The average molecular weight is 599 g/mol. The molecule has 6 rings (SSSR count). The first-order chi connectivity index (χ1) is 20.3. The van der Waals surface area contributed by atoms with Crippen LogP contribution in [0, 0.1) is 22.8 Å². The molecule has 1 N–H and O–H groups in total. The third-order valence-electron chi connectivity index (χ3n) is 8.09. The molecule has 0 unspecified atom stereocenters. The van der Waals surface area contributed by atoms with Gasteiger partial charge in [-0.25, -0.2) is 14.4 Å². The monoisotopic (exact) mass is 598 g/mol. The van der Waals surface area contributed by atoms with Gasteiger partial charge in [0.05, 0.1) is 13.0 Å². The van der Waals surface area contributed by atoms with Gasteiger partial charge in [0.15, 0.2) is 16.7 Å². The van der Waals surface area contributed by atoms with Crippen molar-refractivity contribution in [1.82, 2.24) is 9.97 Å². The van der Waals surface area contributed by atoms with Gasteiger partial charge >= 0.3 is 5.97 Å². The van der Waals surface area contributed by atoms with E-state index in [1.54, 1.807) is 18.3 Å². The summed E-state index contributed by atoms with van der Waals surface area (Å²) in [6.45, 7) is 2.37. The Balaban J connectivity index is 1.34. The van der Waals surface area contributed by atoms with Crippen LogP contribution in [0.1, 0.15) is 38.5 Å². The van der Waals surface area contributed by atoms with Crippen LogP contribution in [0.5, 0.6) is 5.75 Å². The maximum absolute atomic E-state index is 15.7. The Bertz CT molecular complexity index is 1490. The van der Waals surface area contributed by atoms with Crippen LogP contribution in [0.2, 0.25) is 0 Å². The molecule has 2 fully saturated rings. The molecule has 0 bridgehead atoms. The fourth-order valence-corrected chi connectivity index (χ4v) is 6.61. The number of carbonyl (C=O) groups excluding carboxylic acids is 1. The van der Waals surface area contributed by atoms with Crippen molar-refractivity contribution in [3.63, 3.8) is 0 Å². The molecule has 12 heteroatoms. The number of fused-ring (bicyclic) bond motifs is 1. The number of likely N-dealkylation sites (N-methyl/N-ethyl adjacent to an activating group) is 1. The molecule has 9 nitrogen and oxygen atoms in total. The van der Waals surface area contributed by atoms with Gasteiger partial charge < -0.3 is 19.5 Å². The number of carbonyl (C=O) groups is 2. The van der Waals surface area contributed by atoms with E-state index < -0.39 is 22.8 Å². The zero-order chi connectivity index (χ0) is 29.4. The van der Waals surface area contributed by atoms with E-state index in [9.17, 15) is 19.1 Å². The molecule has 3 aromatic rings.